The lowest BCUT2D eigenvalue weighted by Crippen LogP contribution is -3.12. The third-order valence-corrected chi connectivity index (χ3v) is 6.85. The van der Waals surface area contributed by atoms with Crippen molar-refractivity contribution in [1.29, 1.82) is 0 Å². The Hall–Kier alpha value is -2.93. The van der Waals surface area contributed by atoms with Crippen molar-refractivity contribution in [3.63, 3.8) is 0 Å². The molecule has 5 rings (SSSR count). The first-order valence-corrected chi connectivity index (χ1v) is 11.2. The molecule has 0 saturated heterocycles. The molecule has 1 aliphatic carbocycles. The highest BCUT2D eigenvalue weighted by molar-refractivity contribution is 5.44. The highest BCUT2D eigenvalue weighted by atomic mass is 16.5. The predicted octanol–water partition coefficient (Wildman–Crippen LogP) is 2.54. The molecule has 1 unspecified atom stereocenters. The number of fused-ring (bicyclic) bond motifs is 1. The average Bonchev–Trinajstić information content (AvgIpc) is 3.51. The van der Waals surface area contributed by atoms with E-state index in [0.717, 1.165) is 55.2 Å². The molecule has 31 heavy (non-hydrogen) atoms. The molecule has 0 amide bonds. The minimum absolute atomic E-state index is 0.0313. The van der Waals surface area contributed by atoms with Crippen LogP contribution in [0.5, 0.6) is 11.5 Å². The lowest BCUT2D eigenvalue weighted by Gasteiger charge is -2.33. The maximum atomic E-state index is 5.63. The summed E-state index contributed by atoms with van der Waals surface area (Å²) in [5.74, 6) is 2.43. The van der Waals surface area contributed by atoms with E-state index >= 15 is 0 Å². The van der Waals surface area contributed by atoms with Crippen molar-refractivity contribution in [1.82, 2.24) is 20.2 Å². The van der Waals surface area contributed by atoms with E-state index in [1.54, 1.807) is 14.2 Å². The van der Waals surface area contributed by atoms with Gasteiger partial charge in [0.25, 0.3) is 0 Å². The molecule has 3 aromatic rings. The molecule has 0 bridgehead atoms. The Bertz CT molecular complexity index is 1040. The van der Waals surface area contributed by atoms with Crippen LogP contribution in [0.3, 0.4) is 0 Å². The second-order valence-corrected chi connectivity index (χ2v) is 8.57. The standard InChI is InChI=1S/C24H29N5O2/c1-30-21-12-11-18(15-22(21)31-2)23(24-25-26-27-29(24)20-9-5-6-10-20)28-14-13-17-7-3-4-8-19(17)16-28/h3-4,7-8,11-12,15,20,23H,5-6,9-10,13-14,16H2,1-2H3/p+1/t23-/m1/s1. The minimum atomic E-state index is 0.0313. The van der Waals surface area contributed by atoms with Crippen LogP contribution in [0.1, 0.15) is 60.3 Å². The second-order valence-electron chi connectivity index (χ2n) is 8.57. The first-order valence-electron chi connectivity index (χ1n) is 11.2. The van der Waals surface area contributed by atoms with Crippen molar-refractivity contribution >= 4 is 0 Å². The number of tetrazole rings is 1. The summed E-state index contributed by atoms with van der Waals surface area (Å²) in [6.07, 6.45) is 5.84. The fraction of sp³-hybridized carbons (Fsp3) is 0.458. The van der Waals surface area contributed by atoms with Crippen molar-refractivity contribution in [2.45, 2.75) is 50.7 Å². The Morgan fingerprint density at radius 2 is 1.77 bits per heavy atom. The van der Waals surface area contributed by atoms with Gasteiger partial charge in [-0.2, -0.15) is 0 Å². The summed E-state index contributed by atoms with van der Waals surface area (Å²) in [5.41, 5.74) is 4.02. The number of quaternary nitrogens is 1. The average molecular weight is 421 g/mol. The third kappa shape index (κ3) is 3.78. The highest BCUT2D eigenvalue weighted by Gasteiger charge is 2.36. The summed E-state index contributed by atoms with van der Waals surface area (Å²) < 4.78 is 13.2. The normalized spacial score (nSPS) is 19.7. The van der Waals surface area contributed by atoms with Gasteiger partial charge in [0.05, 0.1) is 26.8 Å². The smallest absolute Gasteiger partial charge is 0.214 e. The van der Waals surface area contributed by atoms with Crippen LogP contribution in [0.15, 0.2) is 42.5 Å². The Morgan fingerprint density at radius 1 is 1.00 bits per heavy atom. The van der Waals surface area contributed by atoms with Gasteiger partial charge in [0.2, 0.25) is 5.82 Å². The molecule has 1 saturated carbocycles. The van der Waals surface area contributed by atoms with Crippen LogP contribution >= 0.6 is 0 Å². The van der Waals surface area contributed by atoms with Crippen LogP contribution in [0.4, 0.5) is 0 Å². The van der Waals surface area contributed by atoms with E-state index in [1.807, 2.05) is 6.07 Å². The zero-order chi connectivity index (χ0) is 21.2. The Labute approximate surface area is 183 Å². The first-order chi connectivity index (χ1) is 15.3. The third-order valence-electron chi connectivity index (χ3n) is 6.85. The molecule has 2 aromatic carbocycles. The number of ether oxygens (including phenoxy) is 2. The molecule has 0 spiro atoms. The van der Waals surface area contributed by atoms with Gasteiger partial charge in [-0.3, -0.25) is 0 Å². The minimum Gasteiger partial charge on any atom is -0.493 e. The molecular formula is C24H30N5O2+. The van der Waals surface area contributed by atoms with Crippen molar-refractivity contribution in [3.05, 3.63) is 65.0 Å². The van der Waals surface area contributed by atoms with Crippen LogP contribution in [-0.2, 0) is 13.0 Å². The van der Waals surface area contributed by atoms with E-state index in [2.05, 4.69) is 56.6 Å². The van der Waals surface area contributed by atoms with Crippen molar-refractivity contribution < 1.29 is 14.4 Å². The Morgan fingerprint density at radius 3 is 2.55 bits per heavy atom. The summed E-state index contributed by atoms with van der Waals surface area (Å²) in [4.78, 5) is 1.46. The Kier molecular flexibility index (Phi) is 5.59. The zero-order valence-corrected chi connectivity index (χ0v) is 18.3. The maximum Gasteiger partial charge on any atom is 0.214 e. The summed E-state index contributed by atoms with van der Waals surface area (Å²) in [6, 6.07) is 15.4. The number of nitrogens with one attached hydrogen (secondary N) is 1. The molecule has 0 radical (unpaired) electrons. The molecule has 1 aromatic heterocycles. The molecule has 1 N–H and O–H groups in total. The number of nitrogens with zero attached hydrogens (tertiary/aromatic N) is 4. The summed E-state index contributed by atoms with van der Waals surface area (Å²) in [7, 11) is 3.35. The van der Waals surface area contributed by atoms with Gasteiger partial charge >= 0.3 is 0 Å². The molecule has 1 aliphatic heterocycles. The topological polar surface area (TPSA) is 66.5 Å². The van der Waals surface area contributed by atoms with Gasteiger partial charge < -0.3 is 14.4 Å². The number of benzene rings is 2. The fourth-order valence-corrected chi connectivity index (χ4v) is 5.25. The quantitative estimate of drug-likeness (QED) is 0.664. The molecule has 2 atom stereocenters. The van der Waals surface area contributed by atoms with E-state index in [1.165, 1.54) is 28.9 Å². The monoisotopic (exact) mass is 420 g/mol. The lowest BCUT2D eigenvalue weighted by atomic mass is 9.95. The molecular weight excluding hydrogens is 390 g/mol. The molecule has 162 valence electrons. The summed E-state index contributed by atoms with van der Waals surface area (Å²) in [5, 5.41) is 13.1. The molecule has 1 fully saturated rings. The van der Waals surface area contributed by atoms with Crippen LogP contribution in [0.25, 0.3) is 0 Å². The van der Waals surface area contributed by atoms with E-state index < -0.39 is 0 Å². The number of rotatable bonds is 6. The van der Waals surface area contributed by atoms with Crippen LogP contribution in [0, 0.1) is 0 Å². The summed E-state index contributed by atoms with van der Waals surface area (Å²) in [6.45, 7) is 1.99. The van der Waals surface area contributed by atoms with Gasteiger partial charge in [-0.1, -0.05) is 37.1 Å². The zero-order valence-electron chi connectivity index (χ0n) is 18.3. The van der Waals surface area contributed by atoms with Crippen LogP contribution < -0.4 is 14.4 Å². The lowest BCUT2D eigenvalue weighted by molar-refractivity contribution is -0.941. The second kappa shape index (κ2) is 8.67. The Balaban J connectivity index is 1.58. The van der Waals surface area contributed by atoms with E-state index in [-0.39, 0.29) is 6.04 Å². The summed E-state index contributed by atoms with van der Waals surface area (Å²) >= 11 is 0. The van der Waals surface area contributed by atoms with Crippen molar-refractivity contribution in [3.8, 4) is 11.5 Å². The number of methoxy groups -OCH3 is 2. The predicted molar refractivity (Wildman–Crippen MR) is 116 cm³/mol. The van der Waals surface area contributed by atoms with Gasteiger partial charge in [0.1, 0.15) is 6.54 Å². The van der Waals surface area contributed by atoms with Gasteiger partial charge in [0.15, 0.2) is 17.5 Å². The first kappa shape index (κ1) is 20.0. The van der Waals surface area contributed by atoms with Crippen LogP contribution in [0.2, 0.25) is 0 Å². The number of hydrogen-bond donors (Lipinski definition) is 1. The van der Waals surface area contributed by atoms with Gasteiger partial charge in [0, 0.05) is 17.5 Å². The van der Waals surface area contributed by atoms with Gasteiger partial charge in [-0.25, -0.2) is 4.68 Å². The fourth-order valence-electron chi connectivity index (χ4n) is 5.25. The van der Waals surface area contributed by atoms with E-state index in [0.29, 0.717) is 6.04 Å². The molecule has 2 heterocycles. The number of aromatic nitrogens is 4. The molecule has 7 heteroatoms. The van der Waals surface area contributed by atoms with E-state index in [4.69, 9.17) is 9.47 Å². The van der Waals surface area contributed by atoms with Crippen molar-refractivity contribution in [2.24, 2.45) is 0 Å². The van der Waals surface area contributed by atoms with E-state index in [9.17, 15) is 0 Å². The maximum absolute atomic E-state index is 5.63. The van der Waals surface area contributed by atoms with Crippen molar-refractivity contribution in [2.75, 3.05) is 20.8 Å². The highest BCUT2D eigenvalue weighted by Crippen LogP contribution is 2.34. The largest absolute Gasteiger partial charge is 0.493 e. The van der Waals surface area contributed by atoms with Crippen LogP contribution in [-0.4, -0.2) is 41.0 Å². The van der Waals surface area contributed by atoms with Gasteiger partial charge in [-0.15, -0.1) is 5.10 Å². The van der Waals surface area contributed by atoms with Gasteiger partial charge in [-0.05, 0) is 47.0 Å². The number of hydrogen-bond acceptors (Lipinski definition) is 5. The SMILES string of the molecule is COc1ccc([C@H](c2nnnn2C2CCCC2)[NH+]2CCc3ccccc3C2)cc1OC. The molecule has 2 aliphatic rings. The molecule has 7 nitrogen and oxygen atoms in total.